The van der Waals surface area contributed by atoms with Crippen molar-refractivity contribution in [2.24, 2.45) is 10.9 Å². The van der Waals surface area contributed by atoms with Gasteiger partial charge in [-0.25, -0.2) is 0 Å². The monoisotopic (exact) mass is 387 g/mol. The molecule has 0 saturated heterocycles. The number of hydrogen-bond donors (Lipinski definition) is 2. The first-order valence-electron chi connectivity index (χ1n) is 6.72. The lowest BCUT2D eigenvalue weighted by Crippen LogP contribution is -2.39. The van der Waals surface area contributed by atoms with Gasteiger partial charge in [0.15, 0.2) is 5.96 Å². The second kappa shape index (κ2) is 16.0. The average molecular weight is 387 g/mol. The van der Waals surface area contributed by atoms with Crippen LogP contribution in [0, 0.1) is 5.92 Å². The van der Waals surface area contributed by atoms with Crippen LogP contribution in [0.2, 0.25) is 0 Å². The topological polar surface area (TPSA) is 54.9 Å². The molecule has 0 aromatic carbocycles. The SMILES string of the molecule is CN=C(NCCCC(C)C)NCCOCCOC.I. The highest BCUT2D eigenvalue weighted by atomic mass is 127. The summed E-state index contributed by atoms with van der Waals surface area (Å²) in [5.74, 6) is 1.60. The molecule has 0 amide bonds. The van der Waals surface area contributed by atoms with Gasteiger partial charge in [0.25, 0.3) is 0 Å². The van der Waals surface area contributed by atoms with Crippen LogP contribution in [0.4, 0.5) is 0 Å². The van der Waals surface area contributed by atoms with E-state index in [9.17, 15) is 0 Å². The van der Waals surface area contributed by atoms with E-state index in [-0.39, 0.29) is 24.0 Å². The summed E-state index contributed by atoms with van der Waals surface area (Å²) >= 11 is 0. The van der Waals surface area contributed by atoms with Gasteiger partial charge in [-0.1, -0.05) is 13.8 Å². The summed E-state index contributed by atoms with van der Waals surface area (Å²) in [6.45, 7) is 8.14. The highest BCUT2D eigenvalue weighted by Crippen LogP contribution is 2.01. The molecule has 6 heteroatoms. The quantitative estimate of drug-likeness (QED) is 0.260. The maximum absolute atomic E-state index is 5.36. The van der Waals surface area contributed by atoms with E-state index in [4.69, 9.17) is 9.47 Å². The van der Waals surface area contributed by atoms with Crippen LogP contribution in [-0.4, -0.2) is 53.0 Å². The third kappa shape index (κ3) is 15.9. The lowest BCUT2D eigenvalue weighted by atomic mass is 10.1. The molecule has 0 radical (unpaired) electrons. The molecule has 19 heavy (non-hydrogen) atoms. The molecule has 5 nitrogen and oxygen atoms in total. The lowest BCUT2D eigenvalue weighted by molar-refractivity contribution is 0.0733. The van der Waals surface area contributed by atoms with Crippen LogP contribution >= 0.6 is 24.0 Å². The van der Waals surface area contributed by atoms with Gasteiger partial charge in [0.05, 0.1) is 19.8 Å². The van der Waals surface area contributed by atoms with E-state index in [0.717, 1.165) is 25.0 Å². The van der Waals surface area contributed by atoms with Crippen LogP contribution in [0.25, 0.3) is 0 Å². The summed E-state index contributed by atoms with van der Waals surface area (Å²) in [5, 5.41) is 6.49. The molecule has 0 atom stereocenters. The zero-order valence-electron chi connectivity index (χ0n) is 12.7. The first-order chi connectivity index (χ1) is 8.70. The summed E-state index contributed by atoms with van der Waals surface area (Å²) < 4.78 is 10.2. The van der Waals surface area contributed by atoms with Crippen molar-refractivity contribution in [3.63, 3.8) is 0 Å². The Hall–Kier alpha value is -0.0800. The molecule has 0 aromatic rings. The van der Waals surface area contributed by atoms with E-state index in [1.165, 1.54) is 12.8 Å². The third-order valence-electron chi connectivity index (χ3n) is 2.44. The fourth-order valence-electron chi connectivity index (χ4n) is 1.42. The number of nitrogens with zero attached hydrogens (tertiary/aromatic N) is 1. The van der Waals surface area contributed by atoms with Crippen LogP contribution in [0.3, 0.4) is 0 Å². The minimum absolute atomic E-state index is 0. The Bertz CT molecular complexity index is 214. The predicted octanol–water partition coefficient (Wildman–Crippen LogP) is 1.87. The van der Waals surface area contributed by atoms with Crippen LogP contribution in [0.15, 0.2) is 4.99 Å². The molecule has 0 aliphatic carbocycles. The molecule has 0 bridgehead atoms. The number of methoxy groups -OCH3 is 1. The molecule has 0 aromatic heterocycles. The normalized spacial score (nSPS) is 11.3. The number of ether oxygens (including phenoxy) is 2. The molecule has 0 rings (SSSR count). The van der Waals surface area contributed by atoms with E-state index in [0.29, 0.717) is 19.8 Å². The standard InChI is InChI=1S/C13H29N3O2.HI/c1-12(2)6-5-7-15-13(14-3)16-8-9-18-11-10-17-4;/h12H,5-11H2,1-4H3,(H2,14,15,16);1H. The van der Waals surface area contributed by atoms with E-state index >= 15 is 0 Å². The zero-order chi connectivity index (χ0) is 13.6. The number of halogens is 1. The van der Waals surface area contributed by atoms with Gasteiger partial charge in [0.1, 0.15) is 0 Å². The second-order valence-corrected chi connectivity index (χ2v) is 4.57. The van der Waals surface area contributed by atoms with Gasteiger partial charge in [-0.15, -0.1) is 24.0 Å². The maximum atomic E-state index is 5.36. The fourth-order valence-corrected chi connectivity index (χ4v) is 1.42. The lowest BCUT2D eigenvalue weighted by Gasteiger charge is -2.12. The Labute approximate surface area is 134 Å². The van der Waals surface area contributed by atoms with E-state index in [1.54, 1.807) is 14.2 Å². The first-order valence-corrected chi connectivity index (χ1v) is 6.72. The Morgan fingerprint density at radius 3 is 2.37 bits per heavy atom. The maximum Gasteiger partial charge on any atom is 0.191 e. The number of guanidine groups is 1. The molecule has 0 aliphatic rings. The van der Waals surface area contributed by atoms with Gasteiger partial charge < -0.3 is 20.1 Å². The van der Waals surface area contributed by atoms with Crippen LogP contribution in [0.1, 0.15) is 26.7 Å². The molecule has 116 valence electrons. The Kier molecular flexibility index (Phi) is 17.8. The van der Waals surface area contributed by atoms with Gasteiger partial charge in [-0.05, 0) is 18.8 Å². The van der Waals surface area contributed by atoms with Gasteiger partial charge in [0.2, 0.25) is 0 Å². The smallest absolute Gasteiger partial charge is 0.191 e. The molecule has 0 unspecified atom stereocenters. The van der Waals surface area contributed by atoms with Gasteiger partial charge in [-0.3, -0.25) is 4.99 Å². The minimum Gasteiger partial charge on any atom is -0.382 e. The molecule has 0 spiro atoms. The van der Waals surface area contributed by atoms with Crippen molar-refractivity contribution >= 4 is 29.9 Å². The van der Waals surface area contributed by atoms with Crippen molar-refractivity contribution < 1.29 is 9.47 Å². The van der Waals surface area contributed by atoms with Crippen LogP contribution in [-0.2, 0) is 9.47 Å². The fraction of sp³-hybridized carbons (Fsp3) is 0.923. The molecule has 0 heterocycles. The predicted molar refractivity (Wildman–Crippen MR) is 91.5 cm³/mol. The van der Waals surface area contributed by atoms with Crippen molar-refractivity contribution in [3.05, 3.63) is 0 Å². The van der Waals surface area contributed by atoms with Gasteiger partial charge in [-0.2, -0.15) is 0 Å². The van der Waals surface area contributed by atoms with Crippen LogP contribution in [0.5, 0.6) is 0 Å². The first kappa shape index (κ1) is 21.2. The number of hydrogen-bond acceptors (Lipinski definition) is 3. The van der Waals surface area contributed by atoms with Gasteiger partial charge in [0, 0.05) is 27.2 Å². The highest BCUT2D eigenvalue weighted by Gasteiger charge is 1.97. The Balaban J connectivity index is 0. The summed E-state index contributed by atoms with van der Waals surface area (Å²) in [4.78, 5) is 4.15. The number of aliphatic imine (C=N–C) groups is 1. The molecule has 2 N–H and O–H groups in total. The van der Waals surface area contributed by atoms with E-state index in [1.807, 2.05) is 0 Å². The number of nitrogens with one attached hydrogen (secondary N) is 2. The van der Waals surface area contributed by atoms with Crippen molar-refractivity contribution in [2.75, 3.05) is 47.1 Å². The van der Waals surface area contributed by atoms with Crippen LogP contribution < -0.4 is 10.6 Å². The van der Waals surface area contributed by atoms with Crippen molar-refractivity contribution in [3.8, 4) is 0 Å². The van der Waals surface area contributed by atoms with Crippen molar-refractivity contribution in [1.29, 1.82) is 0 Å². The molecule has 0 fully saturated rings. The highest BCUT2D eigenvalue weighted by molar-refractivity contribution is 14.0. The number of rotatable bonds is 10. The van der Waals surface area contributed by atoms with Crippen molar-refractivity contribution in [1.82, 2.24) is 10.6 Å². The molecule has 0 aliphatic heterocycles. The molecular weight excluding hydrogens is 357 g/mol. The molecule has 0 saturated carbocycles. The zero-order valence-corrected chi connectivity index (χ0v) is 15.0. The summed E-state index contributed by atoms with van der Waals surface area (Å²) in [5.41, 5.74) is 0. The average Bonchev–Trinajstić information content (AvgIpc) is 2.35. The van der Waals surface area contributed by atoms with E-state index in [2.05, 4.69) is 29.5 Å². The second-order valence-electron chi connectivity index (χ2n) is 4.57. The van der Waals surface area contributed by atoms with Gasteiger partial charge >= 0.3 is 0 Å². The summed E-state index contributed by atoms with van der Waals surface area (Å²) in [6, 6.07) is 0. The minimum atomic E-state index is 0. The Morgan fingerprint density at radius 2 is 1.79 bits per heavy atom. The summed E-state index contributed by atoms with van der Waals surface area (Å²) in [6.07, 6.45) is 2.41. The Morgan fingerprint density at radius 1 is 1.11 bits per heavy atom. The summed E-state index contributed by atoms with van der Waals surface area (Å²) in [7, 11) is 3.45. The largest absolute Gasteiger partial charge is 0.382 e. The molecular formula is C13H30IN3O2. The van der Waals surface area contributed by atoms with E-state index < -0.39 is 0 Å². The third-order valence-corrected chi connectivity index (χ3v) is 2.44. The van der Waals surface area contributed by atoms with Crippen molar-refractivity contribution in [2.45, 2.75) is 26.7 Å².